The van der Waals surface area contributed by atoms with E-state index in [4.69, 9.17) is 10.00 Å². The number of nitriles is 1. The fraction of sp³-hybridized carbons (Fsp3) is 0.462. The fourth-order valence-electron chi connectivity index (χ4n) is 1.68. The molecular weight excluding hydrogens is 230 g/mol. The summed E-state index contributed by atoms with van der Waals surface area (Å²) < 4.78 is 5.20. The van der Waals surface area contributed by atoms with Crippen LogP contribution in [0.15, 0.2) is 18.2 Å². The van der Waals surface area contributed by atoms with Crippen LogP contribution < -0.4 is 10.1 Å². The average Bonchev–Trinajstić information content (AvgIpc) is 2.34. The van der Waals surface area contributed by atoms with E-state index in [1.54, 1.807) is 25.3 Å². The van der Waals surface area contributed by atoms with Crippen molar-refractivity contribution in [3.8, 4) is 11.8 Å². The van der Waals surface area contributed by atoms with E-state index in [-0.39, 0.29) is 0 Å². The molecular formula is C13H19N3O2. The van der Waals surface area contributed by atoms with Crippen LogP contribution in [0.3, 0.4) is 0 Å². The number of rotatable bonds is 6. The molecule has 2 N–H and O–H groups in total. The maximum absolute atomic E-state index is 9.78. The summed E-state index contributed by atoms with van der Waals surface area (Å²) in [6.45, 7) is 0.928. The highest BCUT2D eigenvalue weighted by molar-refractivity contribution is 5.66. The first-order valence-corrected chi connectivity index (χ1v) is 5.72. The van der Waals surface area contributed by atoms with Crippen molar-refractivity contribution >= 4 is 5.69 Å². The molecule has 0 bridgehead atoms. The smallest absolute Gasteiger partial charge is 0.143 e. The molecule has 1 aromatic rings. The van der Waals surface area contributed by atoms with Gasteiger partial charge >= 0.3 is 0 Å². The Morgan fingerprint density at radius 3 is 2.78 bits per heavy atom. The van der Waals surface area contributed by atoms with Crippen LogP contribution in [-0.2, 0) is 0 Å². The largest absolute Gasteiger partial charge is 0.495 e. The van der Waals surface area contributed by atoms with Gasteiger partial charge in [0.2, 0.25) is 0 Å². The number of hydrogen-bond donors (Lipinski definition) is 2. The second kappa shape index (κ2) is 6.84. The summed E-state index contributed by atoms with van der Waals surface area (Å²) >= 11 is 0. The maximum Gasteiger partial charge on any atom is 0.143 e. The summed E-state index contributed by atoms with van der Waals surface area (Å²) in [5.41, 5.74) is 1.13. The predicted octanol–water partition coefficient (Wildman–Crippen LogP) is 0.901. The Labute approximate surface area is 108 Å². The first-order valence-electron chi connectivity index (χ1n) is 5.72. The van der Waals surface area contributed by atoms with Crippen LogP contribution in [0.1, 0.15) is 5.56 Å². The highest BCUT2D eigenvalue weighted by atomic mass is 16.5. The predicted molar refractivity (Wildman–Crippen MR) is 70.8 cm³/mol. The average molecular weight is 249 g/mol. The van der Waals surface area contributed by atoms with Crippen LogP contribution in [0.25, 0.3) is 0 Å². The zero-order valence-electron chi connectivity index (χ0n) is 11.0. The minimum absolute atomic E-state index is 0.368. The van der Waals surface area contributed by atoms with Crippen molar-refractivity contribution < 1.29 is 9.84 Å². The number of hydrogen-bond acceptors (Lipinski definition) is 5. The van der Waals surface area contributed by atoms with Gasteiger partial charge in [-0.25, -0.2) is 0 Å². The van der Waals surface area contributed by atoms with Gasteiger partial charge in [0.25, 0.3) is 0 Å². The lowest BCUT2D eigenvalue weighted by Gasteiger charge is -2.18. The normalized spacial score (nSPS) is 12.0. The van der Waals surface area contributed by atoms with E-state index in [0.29, 0.717) is 30.1 Å². The molecule has 0 fully saturated rings. The van der Waals surface area contributed by atoms with Crippen LogP contribution in [0.2, 0.25) is 0 Å². The summed E-state index contributed by atoms with van der Waals surface area (Å²) in [6, 6.07) is 7.35. The summed E-state index contributed by atoms with van der Waals surface area (Å²) in [7, 11) is 5.35. The number of methoxy groups -OCH3 is 1. The molecule has 1 unspecified atom stereocenters. The third-order valence-corrected chi connectivity index (χ3v) is 2.46. The number of nitrogens with one attached hydrogen (secondary N) is 1. The van der Waals surface area contributed by atoms with Gasteiger partial charge in [0.1, 0.15) is 11.8 Å². The molecule has 18 heavy (non-hydrogen) atoms. The van der Waals surface area contributed by atoms with Gasteiger partial charge in [-0.05, 0) is 26.2 Å². The summed E-state index contributed by atoms with van der Waals surface area (Å²) in [4.78, 5) is 1.90. The lowest BCUT2D eigenvalue weighted by Crippen LogP contribution is -2.31. The number of nitrogens with zero attached hydrogens (tertiary/aromatic N) is 2. The zero-order chi connectivity index (χ0) is 13.5. The van der Waals surface area contributed by atoms with Crippen molar-refractivity contribution in [2.75, 3.05) is 39.6 Å². The van der Waals surface area contributed by atoms with Crippen molar-refractivity contribution in [1.29, 1.82) is 5.26 Å². The zero-order valence-corrected chi connectivity index (χ0v) is 11.0. The molecule has 0 aliphatic carbocycles. The maximum atomic E-state index is 9.78. The van der Waals surface area contributed by atoms with Crippen molar-refractivity contribution in [2.45, 2.75) is 6.10 Å². The van der Waals surface area contributed by atoms with E-state index >= 15 is 0 Å². The third-order valence-electron chi connectivity index (χ3n) is 2.46. The van der Waals surface area contributed by atoms with Gasteiger partial charge in [-0.2, -0.15) is 5.26 Å². The van der Waals surface area contributed by atoms with E-state index in [9.17, 15) is 5.11 Å². The second-order valence-corrected chi connectivity index (χ2v) is 4.29. The quantitative estimate of drug-likeness (QED) is 0.784. The molecule has 98 valence electrons. The SMILES string of the molecule is COc1cccc(C#N)c1NCC(O)CN(C)C. The number of anilines is 1. The van der Waals surface area contributed by atoms with Crippen molar-refractivity contribution in [3.05, 3.63) is 23.8 Å². The molecule has 0 spiro atoms. The Hall–Kier alpha value is -1.77. The molecule has 0 radical (unpaired) electrons. The molecule has 0 aliphatic heterocycles. The molecule has 0 amide bonds. The molecule has 5 nitrogen and oxygen atoms in total. The molecule has 0 aromatic heterocycles. The topological polar surface area (TPSA) is 68.5 Å². The van der Waals surface area contributed by atoms with Gasteiger partial charge < -0.3 is 20.1 Å². The molecule has 1 atom stereocenters. The second-order valence-electron chi connectivity index (χ2n) is 4.29. The van der Waals surface area contributed by atoms with Gasteiger partial charge in [0.05, 0.1) is 24.5 Å². The van der Waals surface area contributed by atoms with Crippen LogP contribution in [0.4, 0.5) is 5.69 Å². The molecule has 1 aromatic carbocycles. The van der Waals surface area contributed by atoms with E-state index in [0.717, 1.165) is 0 Å². The highest BCUT2D eigenvalue weighted by Gasteiger charge is 2.11. The Morgan fingerprint density at radius 2 is 2.22 bits per heavy atom. The number of para-hydroxylation sites is 1. The molecule has 0 saturated heterocycles. The monoisotopic (exact) mass is 249 g/mol. The Morgan fingerprint density at radius 1 is 1.50 bits per heavy atom. The fourth-order valence-corrected chi connectivity index (χ4v) is 1.68. The van der Waals surface area contributed by atoms with Crippen LogP contribution in [0.5, 0.6) is 5.75 Å². The van der Waals surface area contributed by atoms with Gasteiger partial charge in [0.15, 0.2) is 0 Å². The van der Waals surface area contributed by atoms with Crippen molar-refractivity contribution in [1.82, 2.24) is 4.90 Å². The molecule has 1 rings (SSSR count). The number of aliphatic hydroxyl groups is 1. The number of likely N-dealkylation sites (N-methyl/N-ethyl adjacent to an activating group) is 1. The summed E-state index contributed by atoms with van der Waals surface area (Å²) in [5, 5.41) is 21.9. The van der Waals surface area contributed by atoms with Crippen LogP contribution in [-0.4, -0.2) is 50.4 Å². The van der Waals surface area contributed by atoms with Crippen LogP contribution >= 0.6 is 0 Å². The third kappa shape index (κ3) is 3.91. The number of benzene rings is 1. The van der Waals surface area contributed by atoms with Crippen LogP contribution in [0, 0.1) is 11.3 Å². The molecule has 5 heteroatoms. The van der Waals surface area contributed by atoms with Gasteiger partial charge in [-0.1, -0.05) is 6.07 Å². The van der Waals surface area contributed by atoms with E-state index in [1.165, 1.54) is 0 Å². The first kappa shape index (κ1) is 14.3. The van der Waals surface area contributed by atoms with E-state index in [1.807, 2.05) is 19.0 Å². The van der Waals surface area contributed by atoms with Gasteiger partial charge in [-0.15, -0.1) is 0 Å². The van der Waals surface area contributed by atoms with Crippen molar-refractivity contribution in [3.63, 3.8) is 0 Å². The van der Waals surface area contributed by atoms with Gasteiger partial charge in [-0.3, -0.25) is 0 Å². The van der Waals surface area contributed by atoms with E-state index < -0.39 is 6.10 Å². The van der Waals surface area contributed by atoms with Crippen molar-refractivity contribution in [2.24, 2.45) is 0 Å². The summed E-state index contributed by atoms with van der Waals surface area (Å²) in [5.74, 6) is 0.603. The minimum Gasteiger partial charge on any atom is -0.495 e. The molecule has 0 saturated carbocycles. The number of ether oxygens (including phenoxy) is 1. The number of aliphatic hydroxyl groups excluding tert-OH is 1. The Bertz CT molecular complexity index is 427. The Kier molecular flexibility index (Phi) is 5.43. The standard InChI is InChI=1S/C13H19N3O2/c1-16(2)9-11(17)8-15-13-10(7-14)5-4-6-12(13)18-3/h4-6,11,15,17H,8-9H2,1-3H3. The molecule has 0 heterocycles. The lowest BCUT2D eigenvalue weighted by molar-refractivity contribution is 0.148. The van der Waals surface area contributed by atoms with E-state index in [2.05, 4.69) is 11.4 Å². The van der Waals surface area contributed by atoms with Gasteiger partial charge in [0, 0.05) is 13.1 Å². The molecule has 0 aliphatic rings. The highest BCUT2D eigenvalue weighted by Crippen LogP contribution is 2.27. The minimum atomic E-state index is -0.503. The lowest BCUT2D eigenvalue weighted by atomic mass is 10.1. The Balaban J connectivity index is 2.74. The summed E-state index contributed by atoms with van der Waals surface area (Å²) in [6.07, 6.45) is -0.503. The first-order chi connectivity index (χ1) is 8.58.